The fraction of sp³-hybridized carbons (Fsp3) is 0.500. The molecule has 0 radical (unpaired) electrons. The third-order valence-corrected chi connectivity index (χ3v) is 3.62. The van der Waals surface area contributed by atoms with E-state index in [4.69, 9.17) is 10.5 Å². The zero-order valence-electron chi connectivity index (χ0n) is 15.7. The Kier molecular flexibility index (Phi) is 8.57. The summed E-state index contributed by atoms with van der Waals surface area (Å²) in [6, 6.07) is 4.18. The summed E-state index contributed by atoms with van der Waals surface area (Å²) in [5.74, 6) is -1.31. The summed E-state index contributed by atoms with van der Waals surface area (Å²) in [6.45, 7) is 7.98. The van der Waals surface area contributed by atoms with Gasteiger partial charge in [-0.15, -0.1) is 0 Å². The minimum Gasteiger partial charge on any atom is -0.462 e. The summed E-state index contributed by atoms with van der Waals surface area (Å²) in [6.07, 6.45) is 0. The van der Waals surface area contributed by atoms with Crippen LogP contribution in [0.5, 0.6) is 0 Å². The Morgan fingerprint density at radius 2 is 1.85 bits per heavy atom. The fourth-order valence-corrected chi connectivity index (χ4v) is 2.12. The summed E-state index contributed by atoms with van der Waals surface area (Å²) < 4.78 is 4.97. The van der Waals surface area contributed by atoms with Gasteiger partial charge in [-0.05, 0) is 38.0 Å². The third kappa shape index (κ3) is 6.36. The number of ether oxygens (including phenoxy) is 1. The van der Waals surface area contributed by atoms with Gasteiger partial charge in [0.1, 0.15) is 0 Å². The first-order valence-corrected chi connectivity index (χ1v) is 8.68. The molecule has 0 saturated heterocycles. The molecular formula is C18H28N4O4. The van der Waals surface area contributed by atoms with Gasteiger partial charge in [-0.2, -0.15) is 0 Å². The van der Waals surface area contributed by atoms with Crippen LogP contribution < -0.4 is 21.7 Å². The SMILES string of the molecule is CCNc1ccc(C(=O)OCC)cc1NC(=O)CNC(=O)[C@@H](N)C(C)C. The second-order valence-corrected chi connectivity index (χ2v) is 6.05. The van der Waals surface area contributed by atoms with Crippen LogP contribution >= 0.6 is 0 Å². The number of rotatable bonds is 9. The van der Waals surface area contributed by atoms with E-state index >= 15 is 0 Å². The van der Waals surface area contributed by atoms with Gasteiger partial charge in [-0.25, -0.2) is 4.79 Å². The number of carbonyl (C=O) groups is 3. The van der Waals surface area contributed by atoms with Crippen LogP contribution in [0.1, 0.15) is 38.1 Å². The van der Waals surface area contributed by atoms with Crippen molar-refractivity contribution in [3.63, 3.8) is 0 Å². The molecule has 0 aliphatic rings. The number of hydrogen-bond acceptors (Lipinski definition) is 6. The van der Waals surface area contributed by atoms with Gasteiger partial charge in [0.25, 0.3) is 0 Å². The number of amides is 2. The Labute approximate surface area is 153 Å². The highest BCUT2D eigenvalue weighted by molar-refractivity contribution is 6.00. The lowest BCUT2D eigenvalue weighted by molar-refractivity contribution is -0.125. The number of hydrogen-bond donors (Lipinski definition) is 4. The molecule has 26 heavy (non-hydrogen) atoms. The van der Waals surface area contributed by atoms with Gasteiger partial charge in [0.2, 0.25) is 11.8 Å². The van der Waals surface area contributed by atoms with Crippen LogP contribution in [0.3, 0.4) is 0 Å². The average Bonchev–Trinajstić information content (AvgIpc) is 2.60. The monoisotopic (exact) mass is 364 g/mol. The lowest BCUT2D eigenvalue weighted by Crippen LogP contribution is -2.46. The first kappa shape index (κ1) is 21.4. The first-order chi connectivity index (χ1) is 12.3. The molecular weight excluding hydrogens is 336 g/mol. The summed E-state index contributed by atoms with van der Waals surface area (Å²) in [5.41, 5.74) is 7.17. The highest BCUT2D eigenvalue weighted by atomic mass is 16.5. The van der Waals surface area contributed by atoms with E-state index in [9.17, 15) is 14.4 Å². The Balaban J connectivity index is 2.82. The molecule has 144 valence electrons. The summed E-state index contributed by atoms with van der Waals surface area (Å²) in [5, 5.41) is 8.30. The number of nitrogens with one attached hydrogen (secondary N) is 3. The second kappa shape index (κ2) is 10.4. The van der Waals surface area contributed by atoms with Gasteiger partial charge < -0.3 is 26.4 Å². The molecule has 1 aromatic carbocycles. The van der Waals surface area contributed by atoms with Crippen molar-refractivity contribution < 1.29 is 19.1 Å². The van der Waals surface area contributed by atoms with E-state index in [2.05, 4.69) is 16.0 Å². The number of anilines is 2. The highest BCUT2D eigenvalue weighted by Gasteiger charge is 2.18. The zero-order chi connectivity index (χ0) is 19.7. The average molecular weight is 364 g/mol. The van der Waals surface area contributed by atoms with Gasteiger partial charge in [0.15, 0.2) is 0 Å². The summed E-state index contributed by atoms with van der Waals surface area (Å²) >= 11 is 0. The Bertz CT molecular complexity index is 646. The van der Waals surface area contributed by atoms with Gasteiger partial charge in [-0.1, -0.05) is 13.8 Å². The maximum Gasteiger partial charge on any atom is 0.338 e. The maximum absolute atomic E-state index is 12.2. The van der Waals surface area contributed by atoms with Crippen LogP contribution in [0, 0.1) is 5.92 Å². The van der Waals surface area contributed by atoms with Crippen molar-refractivity contribution in [3.8, 4) is 0 Å². The third-order valence-electron chi connectivity index (χ3n) is 3.62. The fourth-order valence-electron chi connectivity index (χ4n) is 2.12. The molecule has 0 aliphatic carbocycles. The molecule has 0 aliphatic heterocycles. The smallest absolute Gasteiger partial charge is 0.338 e. The maximum atomic E-state index is 12.2. The van der Waals surface area contributed by atoms with E-state index in [1.165, 1.54) is 6.07 Å². The molecule has 0 fully saturated rings. The van der Waals surface area contributed by atoms with Crippen LogP contribution in [0.4, 0.5) is 11.4 Å². The molecule has 1 aromatic rings. The molecule has 0 unspecified atom stereocenters. The first-order valence-electron chi connectivity index (χ1n) is 8.68. The minimum absolute atomic E-state index is 0.0281. The molecule has 8 heteroatoms. The van der Waals surface area contributed by atoms with Crippen molar-refractivity contribution in [2.24, 2.45) is 11.7 Å². The molecule has 5 N–H and O–H groups in total. The van der Waals surface area contributed by atoms with Crippen LogP contribution in [-0.4, -0.2) is 43.5 Å². The largest absolute Gasteiger partial charge is 0.462 e. The number of benzene rings is 1. The second-order valence-electron chi connectivity index (χ2n) is 6.05. The van der Waals surface area contributed by atoms with Gasteiger partial charge in [-0.3, -0.25) is 9.59 Å². The zero-order valence-corrected chi connectivity index (χ0v) is 15.7. The van der Waals surface area contributed by atoms with E-state index < -0.39 is 17.9 Å². The van der Waals surface area contributed by atoms with Crippen molar-refractivity contribution in [2.75, 3.05) is 30.3 Å². The Morgan fingerprint density at radius 1 is 1.15 bits per heavy atom. The van der Waals surface area contributed by atoms with Crippen LogP contribution in [0.25, 0.3) is 0 Å². The minimum atomic E-state index is -0.674. The molecule has 0 spiro atoms. The highest BCUT2D eigenvalue weighted by Crippen LogP contribution is 2.23. The summed E-state index contributed by atoms with van der Waals surface area (Å²) in [7, 11) is 0. The normalized spacial score (nSPS) is 11.6. The van der Waals surface area contributed by atoms with E-state index in [0.29, 0.717) is 23.5 Å². The number of carbonyl (C=O) groups excluding carboxylic acids is 3. The van der Waals surface area contributed by atoms with Crippen molar-refractivity contribution in [1.29, 1.82) is 0 Å². The quantitative estimate of drug-likeness (QED) is 0.490. The van der Waals surface area contributed by atoms with E-state index in [1.807, 2.05) is 20.8 Å². The van der Waals surface area contributed by atoms with Crippen LogP contribution in [0.2, 0.25) is 0 Å². The Hall–Kier alpha value is -2.61. The van der Waals surface area contributed by atoms with Gasteiger partial charge in [0, 0.05) is 6.54 Å². The number of esters is 1. The predicted molar refractivity (Wildman–Crippen MR) is 101 cm³/mol. The number of nitrogens with two attached hydrogens (primary N) is 1. The van der Waals surface area contributed by atoms with E-state index in [-0.39, 0.29) is 25.0 Å². The summed E-state index contributed by atoms with van der Waals surface area (Å²) in [4.78, 5) is 35.9. The molecule has 2 amide bonds. The molecule has 0 aromatic heterocycles. The Morgan fingerprint density at radius 3 is 2.42 bits per heavy atom. The topological polar surface area (TPSA) is 123 Å². The molecule has 1 atom stereocenters. The molecule has 0 heterocycles. The lowest BCUT2D eigenvalue weighted by Gasteiger charge is -2.16. The van der Waals surface area contributed by atoms with Crippen LogP contribution in [-0.2, 0) is 14.3 Å². The van der Waals surface area contributed by atoms with Gasteiger partial charge >= 0.3 is 5.97 Å². The standard InChI is InChI=1S/C18H28N4O4/c1-5-20-13-8-7-12(18(25)26-6-2)9-14(13)22-15(23)10-21-17(24)16(19)11(3)4/h7-9,11,16,20H,5-6,10,19H2,1-4H3,(H,21,24)(H,22,23)/t16-/m0/s1. The predicted octanol–water partition coefficient (Wildman–Crippen LogP) is 1.33. The van der Waals surface area contributed by atoms with Crippen molar-refractivity contribution in [2.45, 2.75) is 33.7 Å². The molecule has 1 rings (SSSR count). The van der Waals surface area contributed by atoms with Crippen LogP contribution in [0.15, 0.2) is 18.2 Å². The molecule has 0 saturated carbocycles. The van der Waals surface area contributed by atoms with Gasteiger partial charge in [0.05, 0.1) is 36.1 Å². The van der Waals surface area contributed by atoms with Crippen molar-refractivity contribution in [3.05, 3.63) is 23.8 Å². The van der Waals surface area contributed by atoms with Crippen molar-refractivity contribution >= 4 is 29.2 Å². The van der Waals surface area contributed by atoms with E-state index in [1.54, 1.807) is 19.1 Å². The molecule has 0 bridgehead atoms. The van der Waals surface area contributed by atoms with Crippen molar-refractivity contribution in [1.82, 2.24) is 5.32 Å². The molecule has 8 nitrogen and oxygen atoms in total. The van der Waals surface area contributed by atoms with E-state index in [0.717, 1.165) is 0 Å². The lowest BCUT2D eigenvalue weighted by atomic mass is 10.1.